The summed E-state index contributed by atoms with van der Waals surface area (Å²) < 4.78 is 0. The zero-order chi connectivity index (χ0) is 16.6. The van der Waals surface area contributed by atoms with Gasteiger partial charge in [0.1, 0.15) is 0 Å². The number of rotatable bonds is 1. The molecule has 0 N–H and O–H groups in total. The lowest BCUT2D eigenvalue weighted by atomic mass is 9.82. The Balaban J connectivity index is 1.83. The van der Waals surface area contributed by atoms with E-state index in [1.807, 2.05) is 26.3 Å². The summed E-state index contributed by atoms with van der Waals surface area (Å²) in [6.45, 7) is 3.86. The molecule has 0 amide bonds. The zero-order valence-corrected chi connectivity index (χ0v) is 14.0. The van der Waals surface area contributed by atoms with Crippen LogP contribution in [0.5, 0.6) is 0 Å². The number of aliphatic imine (C=N–C) groups is 2. The molecular weight excluding hydrogens is 294 g/mol. The fourth-order valence-electron chi connectivity index (χ4n) is 3.62. The Kier molecular flexibility index (Phi) is 3.54. The van der Waals surface area contributed by atoms with Crippen LogP contribution >= 0.6 is 0 Å². The molecule has 24 heavy (non-hydrogen) atoms. The van der Waals surface area contributed by atoms with Gasteiger partial charge in [0, 0.05) is 35.3 Å². The SMILES string of the molecule is CC#Cc1cncc(-c2ccc3c(c2)C2(CCC3)N=CC(C)=N2)c1. The molecule has 3 heteroatoms. The third kappa shape index (κ3) is 2.45. The smallest absolute Gasteiger partial charge is 0.176 e. The van der Waals surface area contributed by atoms with Crippen LogP contribution in [-0.4, -0.2) is 16.9 Å². The van der Waals surface area contributed by atoms with Crippen LogP contribution in [-0.2, 0) is 12.1 Å². The summed E-state index contributed by atoms with van der Waals surface area (Å²) in [4.78, 5) is 14.0. The summed E-state index contributed by atoms with van der Waals surface area (Å²) in [5.74, 6) is 6.01. The minimum Gasteiger partial charge on any atom is -0.263 e. The summed E-state index contributed by atoms with van der Waals surface area (Å²) in [7, 11) is 0. The Morgan fingerprint density at radius 1 is 1.12 bits per heavy atom. The lowest BCUT2D eigenvalue weighted by molar-refractivity contribution is 0.401. The van der Waals surface area contributed by atoms with Gasteiger partial charge in [0.2, 0.25) is 0 Å². The zero-order valence-electron chi connectivity index (χ0n) is 14.0. The number of aromatic nitrogens is 1. The topological polar surface area (TPSA) is 37.6 Å². The van der Waals surface area contributed by atoms with E-state index in [0.717, 1.165) is 41.7 Å². The van der Waals surface area contributed by atoms with Gasteiger partial charge in [-0.3, -0.25) is 15.0 Å². The summed E-state index contributed by atoms with van der Waals surface area (Å²) in [6, 6.07) is 8.73. The van der Waals surface area contributed by atoms with Crippen LogP contribution in [0.1, 0.15) is 43.4 Å². The molecule has 0 fully saturated rings. The van der Waals surface area contributed by atoms with Crippen LogP contribution in [0.3, 0.4) is 0 Å². The van der Waals surface area contributed by atoms with Crippen LogP contribution in [0.2, 0.25) is 0 Å². The van der Waals surface area contributed by atoms with E-state index in [0.29, 0.717) is 0 Å². The molecule has 1 spiro atoms. The van der Waals surface area contributed by atoms with Gasteiger partial charge in [-0.15, -0.1) is 5.92 Å². The molecule has 1 aromatic heterocycles. The third-order valence-electron chi connectivity index (χ3n) is 4.68. The van der Waals surface area contributed by atoms with Crippen LogP contribution in [0, 0.1) is 11.8 Å². The number of fused-ring (bicyclic) bond motifs is 2. The molecule has 0 saturated carbocycles. The summed E-state index contributed by atoms with van der Waals surface area (Å²) in [5, 5.41) is 0. The molecule has 2 aromatic rings. The number of aryl methyl sites for hydroxylation is 1. The van der Waals surface area contributed by atoms with Crippen molar-refractivity contribution in [2.24, 2.45) is 9.98 Å². The van der Waals surface area contributed by atoms with E-state index >= 15 is 0 Å². The second-order valence-corrected chi connectivity index (χ2v) is 6.39. The molecule has 3 nitrogen and oxygen atoms in total. The standard InChI is InChI=1S/C21H19N3/c1-3-5-16-10-19(14-22-13-16)18-8-7-17-6-4-9-21(20(17)11-18)23-12-15(2)24-21/h7-8,10-14H,4,6,9H2,1-2H3. The van der Waals surface area contributed by atoms with Crippen LogP contribution < -0.4 is 0 Å². The molecule has 118 valence electrons. The highest BCUT2D eigenvalue weighted by Crippen LogP contribution is 2.43. The fraction of sp³-hybridized carbons (Fsp3) is 0.286. The predicted molar refractivity (Wildman–Crippen MR) is 98.4 cm³/mol. The normalized spacial score (nSPS) is 21.2. The van der Waals surface area contributed by atoms with E-state index in [1.54, 1.807) is 6.20 Å². The average Bonchev–Trinajstić information content (AvgIpc) is 2.97. The van der Waals surface area contributed by atoms with Gasteiger partial charge in [-0.25, -0.2) is 0 Å². The molecule has 0 bridgehead atoms. The largest absolute Gasteiger partial charge is 0.263 e. The molecule has 1 aliphatic carbocycles. The Morgan fingerprint density at radius 2 is 2.04 bits per heavy atom. The lowest BCUT2D eigenvalue weighted by Gasteiger charge is -2.31. The van der Waals surface area contributed by atoms with Crippen molar-refractivity contribution in [3.8, 4) is 23.0 Å². The first kappa shape index (κ1) is 14.8. The molecule has 4 rings (SSSR count). The molecule has 1 aliphatic heterocycles. The van der Waals surface area contributed by atoms with Gasteiger partial charge in [0.15, 0.2) is 5.66 Å². The molecule has 2 aliphatic rings. The fourth-order valence-corrected chi connectivity index (χ4v) is 3.62. The molecule has 1 aromatic carbocycles. The highest BCUT2D eigenvalue weighted by Gasteiger charge is 2.37. The first-order valence-corrected chi connectivity index (χ1v) is 8.33. The van der Waals surface area contributed by atoms with Crippen molar-refractivity contribution < 1.29 is 0 Å². The number of hydrogen-bond acceptors (Lipinski definition) is 3. The maximum atomic E-state index is 4.86. The predicted octanol–water partition coefficient (Wildman–Crippen LogP) is 4.15. The van der Waals surface area contributed by atoms with Crippen molar-refractivity contribution in [1.82, 2.24) is 4.98 Å². The Hall–Kier alpha value is -2.73. The Labute approximate surface area is 142 Å². The minimum absolute atomic E-state index is 0.401. The van der Waals surface area contributed by atoms with Gasteiger partial charge in [-0.1, -0.05) is 18.1 Å². The summed E-state index contributed by atoms with van der Waals surface area (Å²) in [5.41, 5.74) is 6.38. The molecule has 2 heterocycles. The lowest BCUT2D eigenvalue weighted by Crippen LogP contribution is -2.25. The van der Waals surface area contributed by atoms with Crippen LogP contribution in [0.15, 0.2) is 46.6 Å². The number of hydrogen-bond donors (Lipinski definition) is 0. The molecule has 0 radical (unpaired) electrons. The van der Waals surface area contributed by atoms with E-state index in [2.05, 4.69) is 41.1 Å². The van der Waals surface area contributed by atoms with Crippen LogP contribution in [0.4, 0.5) is 0 Å². The van der Waals surface area contributed by atoms with E-state index in [4.69, 9.17) is 9.98 Å². The average molecular weight is 313 g/mol. The van der Waals surface area contributed by atoms with Gasteiger partial charge >= 0.3 is 0 Å². The van der Waals surface area contributed by atoms with Gasteiger partial charge in [0.05, 0.1) is 5.71 Å². The van der Waals surface area contributed by atoms with Crippen molar-refractivity contribution >= 4 is 11.9 Å². The number of benzene rings is 1. The monoisotopic (exact) mass is 313 g/mol. The van der Waals surface area contributed by atoms with Crippen molar-refractivity contribution in [2.45, 2.75) is 38.8 Å². The third-order valence-corrected chi connectivity index (χ3v) is 4.68. The maximum Gasteiger partial charge on any atom is 0.176 e. The van der Waals surface area contributed by atoms with E-state index in [9.17, 15) is 0 Å². The Bertz CT molecular complexity index is 928. The van der Waals surface area contributed by atoms with Crippen molar-refractivity contribution in [2.75, 3.05) is 0 Å². The first-order valence-electron chi connectivity index (χ1n) is 8.33. The van der Waals surface area contributed by atoms with Crippen molar-refractivity contribution in [1.29, 1.82) is 0 Å². The van der Waals surface area contributed by atoms with Gasteiger partial charge in [-0.05, 0) is 56.4 Å². The number of nitrogens with zero attached hydrogens (tertiary/aromatic N) is 3. The van der Waals surface area contributed by atoms with Crippen molar-refractivity contribution in [3.05, 3.63) is 53.3 Å². The second-order valence-electron chi connectivity index (χ2n) is 6.39. The highest BCUT2D eigenvalue weighted by atomic mass is 15.1. The summed E-state index contributed by atoms with van der Waals surface area (Å²) in [6.07, 6.45) is 8.81. The molecule has 1 atom stereocenters. The highest BCUT2D eigenvalue weighted by molar-refractivity contribution is 6.30. The van der Waals surface area contributed by atoms with Crippen LogP contribution in [0.25, 0.3) is 11.1 Å². The number of pyridine rings is 1. The summed E-state index contributed by atoms with van der Waals surface area (Å²) >= 11 is 0. The molecule has 0 saturated heterocycles. The van der Waals surface area contributed by atoms with E-state index in [1.165, 1.54) is 11.1 Å². The second kappa shape index (κ2) is 5.72. The van der Waals surface area contributed by atoms with Crippen molar-refractivity contribution in [3.63, 3.8) is 0 Å². The van der Waals surface area contributed by atoms with Gasteiger partial charge in [-0.2, -0.15) is 0 Å². The first-order chi connectivity index (χ1) is 11.7. The molecule has 1 unspecified atom stereocenters. The minimum atomic E-state index is -0.401. The van der Waals surface area contributed by atoms with Gasteiger partial charge in [0.25, 0.3) is 0 Å². The molecular formula is C21H19N3. The van der Waals surface area contributed by atoms with Gasteiger partial charge < -0.3 is 0 Å². The van der Waals surface area contributed by atoms with E-state index < -0.39 is 5.66 Å². The quantitative estimate of drug-likeness (QED) is 0.729. The maximum absolute atomic E-state index is 4.86. The van der Waals surface area contributed by atoms with E-state index in [-0.39, 0.29) is 0 Å². The Morgan fingerprint density at radius 3 is 2.83 bits per heavy atom.